The average Bonchev–Trinajstić information content (AvgIpc) is 2.32. The minimum Gasteiger partial charge on any atom is -0.507 e. The largest absolute Gasteiger partial charge is 0.507 e. The molecule has 0 aliphatic carbocycles. The van der Waals surface area contributed by atoms with Crippen molar-refractivity contribution in [3.8, 4) is 11.5 Å². The summed E-state index contributed by atoms with van der Waals surface area (Å²) < 4.78 is 0. The molecule has 0 unspecified atom stereocenters. The fraction of sp³-hybridized carbons (Fsp3) is 0.143. The standard InChI is InChI=1S/C14H14O2/c1-3-6-10-9(2)13(15)11-7-4-5-8-12(11)14(10)16/h3-8,15-16H,1-2H3/b6-3-. The van der Waals surface area contributed by atoms with Crippen molar-refractivity contribution in [3.63, 3.8) is 0 Å². The molecule has 2 N–H and O–H groups in total. The van der Waals surface area contributed by atoms with E-state index in [0.29, 0.717) is 21.9 Å². The van der Waals surface area contributed by atoms with Crippen LogP contribution < -0.4 is 0 Å². The zero-order valence-electron chi connectivity index (χ0n) is 9.36. The topological polar surface area (TPSA) is 40.5 Å². The molecule has 0 atom stereocenters. The predicted molar refractivity (Wildman–Crippen MR) is 66.7 cm³/mol. The average molecular weight is 214 g/mol. The molecule has 0 spiro atoms. The number of phenolic OH excluding ortho intramolecular Hbond substituents is 2. The molecule has 2 heteroatoms. The molecule has 2 aromatic carbocycles. The van der Waals surface area contributed by atoms with Crippen LogP contribution in [0.5, 0.6) is 11.5 Å². The second-order valence-electron chi connectivity index (χ2n) is 3.78. The van der Waals surface area contributed by atoms with Crippen LogP contribution in [0.2, 0.25) is 0 Å². The lowest BCUT2D eigenvalue weighted by atomic mass is 9.98. The van der Waals surface area contributed by atoms with E-state index in [1.165, 1.54) is 0 Å². The van der Waals surface area contributed by atoms with E-state index in [9.17, 15) is 10.2 Å². The van der Waals surface area contributed by atoms with Gasteiger partial charge in [-0.3, -0.25) is 0 Å². The molecule has 0 bridgehead atoms. The number of fused-ring (bicyclic) bond motifs is 1. The van der Waals surface area contributed by atoms with Crippen LogP contribution in [0.1, 0.15) is 18.1 Å². The van der Waals surface area contributed by atoms with Gasteiger partial charge in [0.15, 0.2) is 0 Å². The molecule has 0 fully saturated rings. The molecule has 0 aliphatic rings. The summed E-state index contributed by atoms with van der Waals surface area (Å²) in [6, 6.07) is 7.29. The highest BCUT2D eigenvalue weighted by atomic mass is 16.3. The fourth-order valence-electron chi connectivity index (χ4n) is 1.92. The number of rotatable bonds is 1. The third-order valence-electron chi connectivity index (χ3n) is 2.78. The first kappa shape index (κ1) is 10.6. The smallest absolute Gasteiger partial charge is 0.131 e. The summed E-state index contributed by atoms with van der Waals surface area (Å²) in [4.78, 5) is 0. The Hall–Kier alpha value is -1.96. The van der Waals surface area contributed by atoms with Crippen molar-refractivity contribution in [1.82, 2.24) is 0 Å². The summed E-state index contributed by atoms with van der Waals surface area (Å²) in [7, 11) is 0. The highest BCUT2D eigenvalue weighted by Gasteiger charge is 2.13. The molecule has 82 valence electrons. The minimum absolute atomic E-state index is 0.226. The van der Waals surface area contributed by atoms with E-state index in [1.54, 1.807) is 25.1 Å². The van der Waals surface area contributed by atoms with Gasteiger partial charge in [0, 0.05) is 21.9 Å². The number of allylic oxidation sites excluding steroid dienone is 1. The predicted octanol–water partition coefficient (Wildman–Crippen LogP) is 3.59. The molecule has 16 heavy (non-hydrogen) atoms. The number of aromatic hydroxyl groups is 2. The summed E-state index contributed by atoms with van der Waals surface area (Å²) in [5.74, 6) is 0.463. The van der Waals surface area contributed by atoms with Gasteiger partial charge in [0.2, 0.25) is 0 Å². The van der Waals surface area contributed by atoms with Crippen molar-refractivity contribution in [1.29, 1.82) is 0 Å². The van der Waals surface area contributed by atoms with E-state index in [-0.39, 0.29) is 11.5 Å². The first-order chi connectivity index (χ1) is 7.66. The van der Waals surface area contributed by atoms with Gasteiger partial charge in [-0.15, -0.1) is 0 Å². The summed E-state index contributed by atoms with van der Waals surface area (Å²) in [5, 5.41) is 21.5. The third-order valence-corrected chi connectivity index (χ3v) is 2.78. The molecule has 0 saturated carbocycles. The van der Waals surface area contributed by atoms with Crippen LogP contribution >= 0.6 is 0 Å². The van der Waals surface area contributed by atoms with E-state index < -0.39 is 0 Å². The molecule has 0 saturated heterocycles. The highest BCUT2D eigenvalue weighted by molar-refractivity contribution is 5.97. The van der Waals surface area contributed by atoms with Gasteiger partial charge in [-0.25, -0.2) is 0 Å². The molecule has 0 amide bonds. The Kier molecular flexibility index (Phi) is 2.57. The zero-order chi connectivity index (χ0) is 11.7. The molecule has 0 aromatic heterocycles. The number of benzene rings is 2. The minimum atomic E-state index is 0.226. The van der Waals surface area contributed by atoms with Crippen LogP contribution in [0.15, 0.2) is 30.3 Å². The molecule has 2 aromatic rings. The highest BCUT2D eigenvalue weighted by Crippen LogP contribution is 2.39. The number of hydrogen-bond donors (Lipinski definition) is 2. The first-order valence-corrected chi connectivity index (χ1v) is 5.22. The van der Waals surface area contributed by atoms with Crippen LogP contribution in [0.3, 0.4) is 0 Å². The Morgan fingerprint density at radius 2 is 1.56 bits per heavy atom. The van der Waals surface area contributed by atoms with Crippen LogP contribution in [0.4, 0.5) is 0 Å². The van der Waals surface area contributed by atoms with Crippen molar-refractivity contribution in [2.45, 2.75) is 13.8 Å². The van der Waals surface area contributed by atoms with Gasteiger partial charge in [0.1, 0.15) is 11.5 Å². The summed E-state index contributed by atoms with van der Waals surface area (Å²) in [6.45, 7) is 3.68. The van der Waals surface area contributed by atoms with Gasteiger partial charge in [-0.1, -0.05) is 36.4 Å². The molecule has 2 nitrogen and oxygen atoms in total. The van der Waals surface area contributed by atoms with Crippen molar-refractivity contribution in [2.75, 3.05) is 0 Å². The molecule has 0 heterocycles. The van der Waals surface area contributed by atoms with Crippen molar-refractivity contribution in [2.24, 2.45) is 0 Å². The van der Waals surface area contributed by atoms with Crippen LogP contribution in [0, 0.1) is 6.92 Å². The van der Waals surface area contributed by atoms with Crippen molar-refractivity contribution < 1.29 is 10.2 Å². The number of phenols is 2. The second kappa shape index (κ2) is 3.89. The van der Waals surface area contributed by atoms with Gasteiger partial charge < -0.3 is 10.2 Å². The Bertz CT molecular complexity index is 568. The van der Waals surface area contributed by atoms with Crippen LogP contribution in [0.25, 0.3) is 16.8 Å². The second-order valence-corrected chi connectivity index (χ2v) is 3.78. The van der Waals surface area contributed by atoms with Crippen molar-refractivity contribution >= 4 is 16.8 Å². The van der Waals surface area contributed by atoms with E-state index in [2.05, 4.69) is 0 Å². The summed E-state index contributed by atoms with van der Waals surface area (Å²) in [5.41, 5.74) is 1.38. The normalized spacial score (nSPS) is 11.4. The number of hydrogen-bond acceptors (Lipinski definition) is 2. The Morgan fingerprint density at radius 3 is 2.12 bits per heavy atom. The molecular formula is C14H14O2. The van der Waals surface area contributed by atoms with Crippen molar-refractivity contribution in [3.05, 3.63) is 41.5 Å². The maximum atomic E-state index is 10.1. The Balaban J connectivity index is 2.94. The summed E-state index contributed by atoms with van der Waals surface area (Å²) in [6.07, 6.45) is 3.65. The van der Waals surface area contributed by atoms with Gasteiger partial charge in [0.05, 0.1) is 0 Å². The molecule has 0 radical (unpaired) electrons. The lowest BCUT2D eigenvalue weighted by Gasteiger charge is -2.11. The first-order valence-electron chi connectivity index (χ1n) is 5.22. The molecule has 0 aliphatic heterocycles. The summed E-state index contributed by atoms with van der Waals surface area (Å²) >= 11 is 0. The lowest BCUT2D eigenvalue weighted by Crippen LogP contribution is -1.86. The van der Waals surface area contributed by atoms with Gasteiger partial charge in [-0.05, 0) is 13.8 Å². The van der Waals surface area contributed by atoms with E-state index in [0.717, 1.165) is 0 Å². The van der Waals surface area contributed by atoms with Gasteiger partial charge in [-0.2, -0.15) is 0 Å². The van der Waals surface area contributed by atoms with Gasteiger partial charge in [0.25, 0.3) is 0 Å². The van der Waals surface area contributed by atoms with Crippen LogP contribution in [-0.2, 0) is 0 Å². The van der Waals surface area contributed by atoms with E-state index in [4.69, 9.17) is 0 Å². The quantitative estimate of drug-likeness (QED) is 0.712. The Labute approximate surface area is 94.5 Å². The monoisotopic (exact) mass is 214 g/mol. The fourth-order valence-corrected chi connectivity index (χ4v) is 1.92. The van der Waals surface area contributed by atoms with Crippen LogP contribution in [-0.4, -0.2) is 10.2 Å². The van der Waals surface area contributed by atoms with E-state index in [1.807, 2.05) is 25.1 Å². The maximum Gasteiger partial charge on any atom is 0.131 e. The van der Waals surface area contributed by atoms with Gasteiger partial charge >= 0.3 is 0 Å². The van der Waals surface area contributed by atoms with E-state index >= 15 is 0 Å². The third kappa shape index (κ3) is 1.43. The molecular weight excluding hydrogens is 200 g/mol. The Morgan fingerprint density at radius 1 is 1.00 bits per heavy atom. The lowest BCUT2D eigenvalue weighted by molar-refractivity contribution is 0.465. The maximum absolute atomic E-state index is 10.1. The molecule has 2 rings (SSSR count). The SMILES string of the molecule is C/C=C\c1c(C)c(O)c2ccccc2c1O. The zero-order valence-corrected chi connectivity index (χ0v) is 9.36.